The Morgan fingerprint density at radius 3 is 2.63 bits per heavy atom. The van der Waals surface area contributed by atoms with Crippen LogP contribution in [0.25, 0.3) is 10.8 Å². The fourth-order valence-electron chi connectivity index (χ4n) is 3.90. The lowest BCUT2D eigenvalue weighted by Gasteiger charge is -2.14. The van der Waals surface area contributed by atoms with Gasteiger partial charge in [-0.3, -0.25) is 4.79 Å². The van der Waals surface area contributed by atoms with Crippen LogP contribution in [-0.4, -0.2) is 19.2 Å². The molecule has 0 unspecified atom stereocenters. The molecule has 0 saturated heterocycles. The third-order valence-corrected chi connectivity index (χ3v) is 6.35. The summed E-state index contributed by atoms with van der Waals surface area (Å²) in [6.45, 7) is 4.41. The standard InChI is InChI=1S/C29H27BrN2O3/c1-19-11-12-20(2)24(13-19)16-28(33)32-31-17-21-14-26(30)29(27(15-21)34-3)35-18-23-9-6-8-22-7-4-5-10-25(22)23/h4-15,17H,16,18H2,1-3H3,(H,32,33)/b31-17+. The number of rotatable bonds is 8. The van der Waals surface area contributed by atoms with Crippen LogP contribution < -0.4 is 14.9 Å². The molecule has 0 spiro atoms. The number of carbonyl (C=O) groups is 1. The van der Waals surface area contributed by atoms with Gasteiger partial charge in [-0.05, 0) is 74.9 Å². The summed E-state index contributed by atoms with van der Waals surface area (Å²) in [5.74, 6) is 1.01. The van der Waals surface area contributed by atoms with Gasteiger partial charge in [0, 0.05) is 0 Å². The predicted octanol–water partition coefficient (Wildman–Crippen LogP) is 6.50. The van der Waals surface area contributed by atoms with Crippen LogP contribution in [0.1, 0.15) is 27.8 Å². The van der Waals surface area contributed by atoms with Gasteiger partial charge in [0.25, 0.3) is 0 Å². The number of nitrogens with one attached hydrogen (secondary N) is 1. The molecule has 0 aromatic heterocycles. The predicted molar refractivity (Wildman–Crippen MR) is 144 cm³/mol. The number of hydrazone groups is 1. The maximum absolute atomic E-state index is 12.3. The zero-order valence-electron chi connectivity index (χ0n) is 20.0. The Balaban J connectivity index is 1.44. The van der Waals surface area contributed by atoms with E-state index >= 15 is 0 Å². The molecule has 0 fully saturated rings. The van der Waals surface area contributed by atoms with Crippen molar-refractivity contribution >= 4 is 38.8 Å². The van der Waals surface area contributed by atoms with Crippen molar-refractivity contribution < 1.29 is 14.3 Å². The zero-order chi connectivity index (χ0) is 24.8. The van der Waals surface area contributed by atoms with E-state index in [1.54, 1.807) is 13.3 Å². The SMILES string of the molecule is COc1cc(/C=N/NC(=O)Cc2cc(C)ccc2C)cc(Br)c1OCc1cccc2ccccc12. The molecule has 4 rings (SSSR count). The van der Waals surface area contributed by atoms with E-state index in [9.17, 15) is 4.79 Å². The summed E-state index contributed by atoms with van der Waals surface area (Å²) < 4.78 is 12.5. The summed E-state index contributed by atoms with van der Waals surface area (Å²) in [4.78, 5) is 12.3. The molecule has 0 atom stereocenters. The highest BCUT2D eigenvalue weighted by Crippen LogP contribution is 2.37. The van der Waals surface area contributed by atoms with Crippen LogP contribution >= 0.6 is 15.9 Å². The molecule has 0 radical (unpaired) electrons. The molecule has 0 aliphatic rings. The molecule has 4 aromatic carbocycles. The zero-order valence-corrected chi connectivity index (χ0v) is 21.6. The van der Waals surface area contributed by atoms with Gasteiger partial charge in [-0.15, -0.1) is 0 Å². The third kappa shape index (κ3) is 6.08. The molecule has 0 heterocycles. The summed E-state index contributed by atoms with van der Waals surface area (Å²) in [6, 6.07) is 24.2. The minimum atomic E-state index is -0.170. The van der Waals surface area contributed by atoms with Gasteiger partial charge in [-0.2, -0.15) is 5.10 Å². The molecule has 0 aliphatic carbocycles. The smallest absolute Gasteiger partial charge is 0.244 e. The quantitative estimate of drug-likeness (QED) is 0.209. The van der Waals surface area contributed by atoms with Gasteiger partial charge in [0.05, 0.1) is 24.2 Å². The van der Waals surface area contributed by atoms with Crippen molar-refractivity contribution in [3.8, 4) is 11.5 Å². The van der Waals surface area contributed by atoms with Crippen LogP contribution in [0.2, 0.25) is 0 Å². The lowest BCUT2D eigenvalue weighted by molar-refractivity contribution is -0.120. The fourth-order valence-corrected chi connectivity index (χ4v) is 4.48. The normalized spacial score (nSPS) is 11.1. The summed E-state index contributed by atoms with van der Waals surface area (Å²) in [7, 11) is 1.60. The number of hydrogen-bond acceptors (Lipinski definition) is 4. The van der Waals surface area contributed by atoms with Crippen LogP contribution in [0.5, 0.6) is 11.5 Å². The maximum Gasteiger partial charge on any atom is 0.244 e. The first kappa shape index (κ1) is 24.5. The van der Waals surface area contributed by atoms with E-state index in [2.05, 4.69) is 50.7 Å². The van der Waals surface area contributed by atoms with Crippen LogP contribution in [0.4, 0.5) is 0 Å². The average Bonchev–Trinajstić information content (AvgIpc) is 2.85. The van der Waals surface area contributed by atoms with Crippen LogP contribution in [0.3, 0.4) is 0 Å². The van der Waals surface area contributed by atoms with Crippen molar-refractivity contribution in [1.82, 2.24) is 5.43 Å². The highest BCUT2D eigenvalue weighted by molar-refractivity contribution is 9.10. The minimum absolute atomic E-state index is 0.170. The van der Waals surface area contributed by atoms with Crippen molar-refractivity contribution in [2.75, 3.05) is 7.11 Å². The Morgan fingerprint density at radius 2 is 1.80 bits per heavy atom. The van der Waals surface area contributed by atoms with Gasteiger partial charge in [-0.25, -0.2) is 5.43 Å². The van der Waals surface area contributed by atoms with Crippen LogP contribution in [-0.2, 0) is 17.8 Å². The molecule has 35 heavy (non-hydrogen) atoms. The second-order valence-corrected chi connectivity index (χ2v) is 9.22. The molecule has 5 nitrogen and oxygen atoms in total. The van der Waals surface area contributed by atoms with Gasteiger partial charge in [-0.1, -0.05) is 66.2 Å². The summed E-state index contributed by atoms with van der Waals surface area (Å²) in [5.41, 5.74) is 7.67. The maximum atomic E-state index is 12.3. The molecule has 0 bridgehead atoms. The van der Waals surface area contributed by atoms with Gasteiger partial charge in [0.15, 0.2) is 11.5 Å². The number of nitrogens with zero attached hydrogens (tertiary/aromatic N) is 1. The molecule has 6 heteroatoms. The molecule has 178 valence electrons. The van der Waals surface area contributed by atoms with Gasteiger partial charge < -0.3 is 9.47 Å². The highest BCUT2D eigenvalue weighted by atomic mass is 79.9. The molecule has 4 aromatic rings. The Kier molecular flexibility index (Phi) is 7.83. The largest absolute Gasteiger partial charge is 0.493 e. The monoisotopic (exact) mass is 530 g/mol. The van der Waals surface area contributed by atoms with Gasteiger partial charge in [0.2, 0.25) is 5.91 Å². The van der Waals surface area contributed by atoms with Crippen molar-refractivity contribution in [1.29, 1.82) is 0 Å². The van der Waals surface area contributed by atoms with E-state index in [1.807, 2.05) is 62.4 Å². The second-order valence-electron chi connectivity index (χ2n) is 8.36. The van der Waals surface area contributed by atoms with Crippen molar-refractivity contribution in [3.05, 3.63) is 105 Å². The lowest BCUT2D eigenvalue weighted by Crippen LogP contribution is -2.20. The molecular formula is C29H27BrN2O3. The fraction of sp³-hybridized carbons (Fsp3) is 0.172. The average molecular weight is 531 g/mol. The van der Waals surface area contributed by atoms with E-state index in [0.717, 1.165) is 37.7 Å². The Hall–Kier alpha value is -3.64. The number of halogens is 1. The summed E-state index contributed by atoms with van der Waals surface area (Å²) in [6.07, 6.45) is 1.86. The number of methoxy groups -OCH3 is 1. The first-order valence-electron chi connectivity index (χ1n) is 11.3. The summed E-state index contributed by atoms with van der Waals surface area (Å²) >= 11 is 3.59. The van der Waals surface area contributed by atoms with E-state index in [-0.39, 0.29) is 12.3 Å². The van der Waals surface area contributed by atoms with E-state index < -0.39 is 0 Å². The number of amides is 1. The van der Waals surface area contributed by atoms with Crippen molar-refractivity contribution in [2.45, 2.75) is 26.9 Å². The van der Waals surface area contributed by atoms with Crippen LogP contribution in [0.15, 0.2) is 82.4 Å². The molecular weight excluding hydrogens is 504 g/mol. The van der Waals surface area contributed by atoms with Crippen molar-refractivity contribution in [2.24, 2.45) is 5.10 Å². The number of ether oxygens (including phenoxy) is 2. The lowest BCUT2D eigenvalue weighted by atomic mass is 10.0. The number of fused-ring (bicyclic) bond motifs is 1. The molecule has 0 aliphatic heterocycles. The number of benzene rings is 4. The Bertz CT molecular complexity index is 1390. The first-order chi connectivity index (χ1) is 16.9. The van der Waals surface area contributed by atoms with Crippen molar-refractivity contribution in [3.63, 3.8) is 0 Å². The summed E-state index contributed by atoms with van der Waals surface area (Å²) in [5, 5.41) is 6.45. The molecule has 1 N–H and O–H groups in total. The molecule has 0 saturated carbocycles. The van der Waals surface area contributed by atoms with E-state index in [1.165, 1.54) is 5.39 Å². The van der Waals surface area contributed by atoms with Gasteiger partial charge >= 0.3 is 0 Å². The first-order valence-corrected chi connectivity index (χ1v) is 12.1. The third-order valence-electron chi connectivity index (χ3n) is 5.76. The number of hydrogen-bond donors (Lipinski definition) is 1. The number of carbonyl (C=O) groups excluding carboxylic acids is 1. The van der Waals surface area contributed by atoms with Crippen LogP contribution in [0, 0.1) is 13.8 Å². The highest BCUT2D eigenvalue weighted by Gasteiger charge is 2.13. The number of aryl methyl sites for hydroxylation is 2. The minimum Gasteiger partial charge on any atom is -0.493 e. The van der Waals surface area contributed by atoms with E-state index in [4.69, 9.17) is 9.47 Å². The topological polar surface area (TPSA) is 59.9 Å². The second kappa shape index (κ2) is 11.2. The van der Waals surface area contributed by atoms with Gasteiger partial charge in [0.1, 0.15) is 6.61 Å². The van der Waals surface area contributed by atoms with E-state index in [0.29, 0.717) is 18.1 Å². The molecule has 1 amide bonds. The Morgan fingerprint density at radius 1 is 1.00 bits per heavy atom. The Labute approximate surface area is 213 Å².